The van der Waals surface area contributed by atoms with Crippen LogP contribution in [0.3, 0.4) is 0 Å². The number of nitrogens with zero attached hydrogens (tertiary/aromatic N) is 2. The van der Waals surface area contributed by atoms with Crippen LogP contribution in [0.2, 0.25) is 0 Å². The van der Waals surface area contributed by atoms with E-state index < -0.39 is 29.8 Å². The maximum atomic E-state index is 13.4. The first-order valence-electron chi connectivity index (χ1n) is 13.8. The summed E-state index contributed by atoms with van der Waals surface area (Å²) in [5, 5.41) is 13.6. The summed E-state index contributed by atoms with van der Waals surface area (Å²) < 4.78 is 0. The quantitative estimate of drug-likeness (QED) is 0.0815. The van der Waals surface area contributed by atoms with Crippen molar-refractivity contribution in [1.82, 2.24) is 31.5 Å². The van der Waals surface area contributed by atoms with Gasteiger partial charge in [0.2, 0.25) is 29.5 Å². The van der Waals surface area contributed by atoms with Gasteiger partial charge >= 0.3 is 0 Å². The van der Waals surface area contributed by atoms with Crippen molar-refractivity contribution in [3.8, 4) is 0 Å². The molecule has 5 amide bonds. The van der Waals surface area contributed by atoms with Gasteiger partial charge in [0.05, 0.1) is 0 Å². The Hall–Kier alpha value is -4.16. The molecule has 0 spiro atoms. The Balaban J connectivity index is 2.98. The molecule has 7 N–H and O–H groups in total. The molecule has 0 aromatic heterocycles. The predicted octanol–water partition coefficient (Wildman–Crippen LogP) is -0.588. The predicted molar refractivity (Wildman–Crippen MR) is 158 cm³/mol. The first kappa shape index (κ1) is 34.9. The zero-order chi connectivity index (χ0) is 30.8. The third-order valence-electron chi connectivity index (χ3n) is 5.78. The van der Waals surface area contributed by atoms with E-state index in [-0.39, 0.29) is 56.6 Å². The summed E-state index contributed by atoms with van der Waals surface area (Å²) in [5.74, 6) is -1.56. The van der Waals surface area contributed by atoms with Gasteiger partial charge in [-0.3, -0.25) is 29.0 Å². The van der Waals surface area contributed by atoms with Crippen molar-refractivity contribution in [3.05, 3.63) is 35.9 Å². The molecule has 0 bridgehead atoms. The molecule has 0 saturated heterocycles. The number of benzene rings is 1. The van der Waals surface area contributed by atoms with Crippen molar-refractivity contribution in [2.45, 2.75) is 71.0 Å². The van der Waals surface area contributed by atoms with E-state index in [2.05, 4.69) is 31.6 Å². The van der Waals surface area contributed by atoms with Gasteiger partial charge in [-0.15, -0.1) is 0 Å². The largest absolute Gasteiger partial charge is 0.370 e. The smallest absolute Gasteiger partial charge is 0.243 e. The fourth-order valence-corrected chi connectivity index (χ4v) is 3.67. The second-order valence-corrected chi connectivity index (χ2v) is 10.1. The van der Waals surface area contributed by atoms with Crippen LogP contribution in [0.5, 0.6) is 0 Å². The number of rotatable bonds is 17. The van der Waals surface area contributed by atoms with Crippen molar-refractivity contribution in [1.29, 1.82) is 0 Å². The topological polar surface area (TPSA) is 187 Å². The lowest BCUT2D eigenvalue weighted by Crippen LogP contribution is -2.55. The second kappa shape index (κ2) is 19.0. The number of nitrogens with two attached hydrogens (primary N) is 1. The average Bonchev–Trinajstić information content (AvgIpc) is 2.90. The molecule has 0 aliphatic heterocycles. The average molecular weight is 575 g/mol. The highest BCUT2D eigenvalue weighted by molar-refractivity contribution is 5.93. The molecule has 13 nitrogen and oxygen atoms in total. The van der Waals surface area contributed by atoms with Crippen LogP contribution in [-0.2, 0) is 30.4 Å². The van der Waals surface area contributed by atoms with Gasteiger partial charge in [0.25, 0.3) is 0 Å². The first-order chi connectivity index (χ1) is 19.4. The molecule has 0 aliphatic rings. The van der Waals surface area contributed by atoms with E-state index in [1.807, 2.05) is 44.2 Å². The Morgan fingerprint density at radius 2 is 1.46 bits per heavy atom. The zero-order valence-electron chi connectivity index (χ0n) is 24.8. The van der Waals surface area contributed by atoms with Crippen LogP contribution in [0, 0.1) is 0 Å². The van der Waals surface area contributed by atoms with Crippen LogP contribution >= 0.6 is 0 Å². The molecule has 0 radical (unpaired) electrons. The maximum Gasteiger partial charge on any atom is 0.243 e. The van der Waals surface area contributed by atoms with E-state index in [0.29, 0.717) is 18.9 Å². The molecule has 2 atom stereocenters. The number of hydrogen-bond donors (Lipinski definition) is 6. The lowest BCUT2D eigenvalue weighted by Gasteiger charge is -2.23. The Morgan fingerprint density at radius 1 is 0.854 bits per heavy atom. The molecule has 1 aromatic carbocycles. The molecule has 0 aliphatic carbocycles. The summed E-state index contributed by atoms with van der Waals surface area (Å²) in [7, 11) is 3.53. The van der Waals surface area contributed by atoms with Gasteiger partial charge < -0.3 is 37.2 Å². The fraction of sp³-hybridized carbons (Fsp3) is 0.571. The van der Waals surface area contributed by atoms with Crippen LogP contribution in [0.4, 0.5) is 0 Å². The summed E-state index contributed by atoms with van der Waals surface area (Å²) >= 11 is 0. The summed E-state index contributed by atoms with van der Waals surface area (Å²) in [6, 6.07) is 7.27. The molecule has 13 heteroatoms. The van der Waals surface area contributed by atoms with Crippen molar-refractivity contribution in [2.24, 2.45) is 10.7 Å². The number of hydrogen-bond acceptors (Lipinski definition) is 6. The first-order valence-corrected chi connectivity index (χ1v) is 13.8. The van der Waals surface area contributed by atoms with E-state index in [1.165, 1.54) is 6.92 Å². The standard InChI is InChI=1S/C28H46N8O5/c1-19(2)33-24(38)13-14-25(39)34-22(12-9-15-32-28(29)36(4)5)27(41)35-23(18-21-10-7-6-8-11-21)26(40)31-17-16-30-20(3)37/h6-8,10-11,19,22-23H,9,12-18H2,1-5H3,(H2,29,32)(H,30,37)(H,31,40)(H,33,38)(H,34,39)(H,35,41)/t22-,23?/m0/s1. The number of aliphatic imine (C=N–C) groups is 1. The summed E-state index contributed by atoms with van der Waals surface area (Å²) in [5.41, 5.74) is 6.67. The molecule has 0 heterocycles. The lowest BCUT2D eigenvalue weighted by atomic mass is 10.0. The van der Waals surface area contributed by atoms with E-state index in [9.17, 15) is 24.0 Å². The van der Waals surface area contributed by atoms with Crippen LogP contribution in [0.25, 0.3) is 0 Å². The SMILES string of the molecule is CC(=O)NCCNC(=O)C(Cc1ccccc1)NC(=O)[C@H](CCCN=C(N)N(C)C)NC(=O)CCC(=O)NC(C)C. The summed E-state index contributed by atoms with van der Waals surface area (Å²) in [6.45, 7) is 5.79. The maximum absolute atomic E-state index is 13.4. The van der Waals surface area contributed by atoms with Crippen molar-refractivity contribution < 1.29 is 24.0 Å². The number of nitrogens with one attached hydrogen (secondary N) is 5. The van der Waals surface area contributed by atoms with E-state index >= 15 is 0 Å². The molecule has 228 valence electrons. The van der Waals surface area contributed by atoms with Gasteiger partial charge in [-0.1, -0.05) is 30.3 Å². The molecule has 1 unspecified atom stereocenters. The highest BCUT2D eigenvalue weighted by Crippen LogP contribution is 2.06. The third-order valence-corrected chi connectivity index (χ3v) is 5.78. The van der Waals surface area contributed by atoms with Gasteiger partial charge in [0.1, 0.15) is 12.1 Å². The van der Waals surface area contributed by atoms with E-state index in [1.54, 1.807) is 19.0 Å². The Kier molecular flexibility index (Phi) is 16.2. The van der Waals surface area contributed by atoms with Gasteiger partial charge in [-0.25, -0.2) is 0 Å². The van der Waals surface area contributed by atoms with Crippen LogP contribution in [0.15, 0.2) is 35.3 Å². The third kappa shape index (κ3) is 15.9. The molecule has 41 heavy (non-hydrogen) atoms. The molecular formula is C28H46N8O5. The van der Waals surface area contributed by atoms with Crippen LogP contribution in [0.1, 0.15) is 52.0 Å². The lowest BCUT2D eigenvalue weighted by molar-refractivity contribution is -0.132. The second-order valence-electron chi connectivity index (χ2n) is 10.1. The molecule has 1 rings (SSSR count). The molecule has 0 fully saturated rings. The Labute approximate surface area is 242 Å². The van der Waals surface area contributed by atoms with Crippen molar-refractivity contribution in [2.75, 3.05) is 33.7 Å². The summed E-state index contributed by atoms with van der Waals surface area (Å²) in [6.07, 6.45) is 0.786. The summed E-state index contributed by atoms with van der Waals surface area (Å²) in [4.78, 5) is 68.1. The van der Waals surface area contributed by atoms with Crippen LogP contribution in [-0.4, -0.2) is 92.3 Å². The molecule has 0 saturated carbocycles. The van der Waals surface area contributed by atoms with E-state index in [4.69, 9.17) is 5.73 Å². The van der Waals surface area contributed by atoms with Gasteiger partial charge in [-0.2, -0.15) is 0 Å². The van der Waals surface area contributed by atoms with Crippen molar-refractivity contribution in [3.63, 3.8) is 0 Å². The Morgan fingerprint density at radius 3 is 2.05 bits per heavy atom. The van der Waals surface area contributed by atoms with Crippen molar-refractivity contribution >= 4 is 35.5 Å². The van der Waals surface area contributed by atoms with Gasteiger partial charge in [0.15, 0.2) is 5.96 Å². The minimum absolute atomic E-state index is 0.0185. The van der Waals surface area contributed by atoms with Gasteiger partial charge in [-0.05, 0) is 32.3 Å². The number of amides is 5. The van der Waals surface area contributed by atoms with E-state index in [0.717, 1.165) is 5.56 Å². The number of carbonyl (C=O) groups excluding carboxylic acids is 5. The monoisotopic (exact) mass is 574 g/mol. The molecular weight excluding hydrogens is 528 g/mol. The fourth-order valence-electron chi connectivity index (χ4n) is 3.67. The minimum atomic E-state index is -0.961. The normalized spacial score (nSPS) is 12.6. The highest BCUT2D eigenvalue weighted by Gasteiger charge is 2.27. The molecule has 1 aromatic rings. The number of guanidine groups is 1. The highest BCUT2D eigenvalue weighted by atomic mass is 16.2. The van der Waals surface area contributed by atoms with Gasteiger partial charge in [0, 0.05) is 66.0 Å². The Bertz CT molecular complexity index is 1030. The minimum Gasteiger partial charge on any atom is -0.370 e. The van der Waals surface area contributed by atoms with Crippen LogP contribution < -0.4 is 32.3 Å². The number of carbonyl (C=O) groups is 5. The zero-order valence-corrected chi connectivity index (χ0v) is 24.8.